The second-order valence-electron chi connectivity index (χ2n) is 4.56. The molecule has 0 aliphatic rings. The Labute approximate surface area is 119 Å². The lowest BCUT2D eigenvalue weighted by molar-refractivity contribution is 0.595. The van der Waals surface area contributed by atoms with Crippen LogP contribution in [0.2, 0.25) is 0 Å². The number of hydrogen-bond donors (Lipinski definition) is 2. The number of sulfone groups is 1. The molecule has 2 N–H and O–H groups in total. The van der Waals surface area contributed by atoms with Gasteiger partial charge in [0.05, 0.1) is 10.6 Å². The standard InChI is InChI=1S/C14H19N3O2S/c1-2-11-20(18,19)13-5-3-12(4-6-13)15-8-7-14-16-9-10-17-14/h3-6,9-10,15H,2,7-8,11H2,1H3,(H,16,17). The Morgan fingerprint density at radius 3 is 2.60 bits per heavy atom. The number of imidazole rings is 1. The molecule has 0 spiro atoms. The summed E-state index contributed by atoms with van der Waals surface area (Å²) in [5, 5.41) is 3.24. The van der Waals surface area contributed by atoms with Crippen molar-refractivity contribution in [1.82, 2.24) is 9.97 Å². The minimum Gasteiger partial charge on any atom is -0.385 e. The second-order valence-corrected chi connectivity index (χ2v) is 6.67. The van der Waals surface area contributed by atoms with E-state index in [0.29, 0.717) is 11.3 Å². The third kappa shape index (κ3) is 3.84. The van der Waals surface area contributed by atoms with Gasteiger partial charge in [0.2, 0.25) is 0 Å². The van der Waals surface area contributed by atoms with Gasteiger partial charge in [-0.15, -0.1) is 0 Å². The van der Waals surface area contributed by atoms with E-state index >= 15 is 0 Å². The Balaban J connectivity index is 1.91. The summed E-state index contributed by atoms with van der Waals surface area (Å²) in [5.41, 5.74) is 0.909. The van der Waals surface area contributed by atoms with Gasteiger partial charge in [-0.3, -0.25) is 0 Å². The van der Waals surface area contributed by atoms with Crippen LogP contribution < -0.4 is 5.32 Å². The summed E-state index contributed by atoms with van der Waals surface area (Å²) in [7, 11) is -3.13. The lowest BCUT2D eigenvalue weighted by atomic mass is 10.3. The molecule has 0 unspecified atom stereocenters. The third-order valence-corrected chi connectivity index (χ3v) is 4.87. The van der Waals surface area contributed by atoms with Crippen LogP contribution in [0, 0.1) is 0 Å². The molecule has 108 valence electrons. The zero-order valence-corrected chi connectivity index (χ0v) is 12.3. The largest absolute Gasteiger partial charge is 0.385 e. The number of aromatic amines is 1. The fourth-order valence-corrected chi connectivity index (χ4v) is 3.25. The maximum atomic E-state index is 11.9. The number of rotatable bonds is 7. The number of H-pyrrole nitrogens is 1. The van der Waals surface area contributed by atoms with Crippen LogP contribution in [0.4, 0.5) is 5.69 Å². The molecule has 0 aliphatic heterocycles. The fraction of sp³-hybridized carbons (Fsp3) is 0.357. The first-order valence-corrected chi connectivity index (χ1v) is 8.32. The van der Waals surface area contributed by atoms with Gasteiger partial charge < -0.3 is 10.3 Å². The number of aromatic nitrogens is 2. The molecular formula is C14H19N3O2S. The van der Waals surface area contributed by atoms with Crippen LogP contribution >= 0.6 is 0 Å². The van der Waals surface area contributed by atoms with Crippen molar-refractivity contribution in [1.29, 1.82) is 0 Å². The highest BCUT2D eigenvalue weighted by Crippen LogP contribution is 2.16. The number of nitrogens with one attached hydrogen (secondary N) is 2. The Kier molecular flexibility index (Phi) is 4.79. The molecule has 0 bridgehead atoms. The first-order valence-electron chi connectivity index (χ1n) is 6.67. The highest BCUT2D eigenvalue weighted by molar-refractivity contribution is 7.91. The first-order chi connectivity index (χ1) is 9.62. The predicted molar refractivity (Wildman–Crippen MR) is 79.6 cm³/mol. The zero-order valence-electron chi connectivity index (χ0n) is 11.5. The van der Waals surface area contributed by atoms with E-state index in [4.69, 9.17) is 0 Å². The molecule has 1 heterocycles. The van der Waals surface area contributed by atoms with Gasteiger partial charge in [-0.2, -0.15) is 0 Å². The van der Waals surface area contributed by atoms with Gasteiger partial charge in [-0.1, -0.05) is 6.92 Å². The van der Waals surface area contributed by atoms with Gasteiger partial charge in [-0.05, 0) is 30.7 Å². The lowest BCUT2D eigenvalue weighted by Gasteiger charge is -2.07. The Morgan fingerprint density at radius 2 is 2.00 bits per heavy atom. The van der Waals surface area contributed by atoms with E-state index < -0.39 is 9.84 Å². The third-order valence-electron chi connectivity index (χ3n) is 2.93. The Hall–Kier alpha value is -1.82. The van der Waals surface area contributed by atoms with Crippen LogP contribution in [0.15, 0.2) is 41.6 Å². The van der Waals surface area contributed by atoms with E-state index in [-0.39, 0.29) is 5.75 Å². The van der Waals surface area contributed by atoms with Crippen molar-refractivity contribution in [2.24, 2.45) is 0 Å². The minimum absolute atomic E-state index is 0.193. The topological polar surface area (TPSA) is 74.8 Å². The first kappa shape index (κ1) is 14.6. The van der Waals surface area contributed by atoms with Gasteiger partial charge in [-0.25, -0.2) is 13.4 Å². The zero-order chi connectivity index (χ0) is 14.4. The maximum absolute atomic E-state index is 11.9. The van der Waals surface area contributed by atoms with Crippen molar-refractivity contribution in [3.05, 3.63) is 42.5 Å². The van der Waals surface area contributed by atoms with Gasteiger partial charge in [0, 0.05) is 31.0 Å². The monoisotopic (exact) mass is 293 g/mol. The molecule has 2 aromatic rings. The Bertz CT molecular complexity index is 619. The Morgan fingerprint density at radius 1 is 1.25 bits per heavy atom. The van der Waals surface area contributed by atoms with E-state index in [0.717, 1.165) is 24.5 Å². The molecule has 0 atom stereocenters. The summed E-state index contributed by atoms with van der Waals surface area (Å²) in [4.78, 5) is 7.56. The summed E-state index contributed by atoms with van der Waals surface area (Å²) in [6, 6.07) is 6.90. The summed E-state index contributed by atoms with van der Waals surface area (Å²) >= 11 is 0. The van der Waals surface area contributed by atoms with E-state index in [9.17, 15) is 8.42 Å². The summed E-state index contributed by atoms with van der Waals surface area (Å²) in [6.45, 7) is 2.61. The summed E-state index contributed by atoms with van der Waals surface area (Å²) in [6.07, 6.45) is 4.94. The normalized spacial score (nSPS) is 11.4. The molecule has 0 saturated heterocycles. The number of nitrogens with zero attached hydrogens (tertiary/aromatic N) is 1. The van der Waals surface area contributed by atoms with Gasteiger partial charge in [0.1, 0.15) is 5.82 Å². The van der Waals surface area contributed by atoms with Crippen LogP contribution in [0.1, 0.15) is 19.2 Å². The van der Waals surface area contributed by atoms with Gasteiger partial charge in [0.15, 0.2) is 9.84 Å². The maximum Gasteiger partial charge on any atom is 0.178 e. The van der Waals surface area contributed by atoms with Crippen molar-refractivity contribution in [3.63, 3.8) is 0 Å². The molecule has 1 aromatic heterocycles. The summed E-state index contributed by atoms with van der Waals surface area (Å²) in [5.74, 6) is 1.12. The van der Waals surface area contributed by atoms with Crippen LogP contribution in [0.3, 0.4) is 0 Å². The molecule has 0 aliphatic carbocycles. The molecule has 2 rings (SSSR count). The number of hydrogen-bond acceptors (Lipinski definition) is 4. The molecular weight excluding hydrogens is 274 g/mol. The molecule has 20 heavy (non-hydrogen) atoms. The summed E-state index contributed by atoms with van der Waals surface area (Å²) < 4.78 is 23.8. The van der Waals surface area contributed by atoms with E-state index in [1.807, 2.05) is 6.92 Å². The molecule has 0 radical (unpaired) electrons. The van der Waals surface area contributed by atoms with Crippen molar-refractivity contribution in [3.8, 4) is 0 Å². The van der Waals surface area contributed by atoms with Crippen LogP contribution in [-0.2, 0) is 16.3 Å². The smallest absolute Gasteiger partial charge is 0.178 e. The van der Waals surface area contributed by atoms with E-state index in [1.54, 1.807) is 36.7 Å². The average Bonchev–Trinajstić information content (AvgIpc) is 2.92. The average molecular weight is 293 g/mol. The van der Waals surface area contributed by atoms with Crippen molar-refractivity contribution in [2.45, 2.75) is 24.7 Å². The molecule has 0 saturated carbocycles. The van der Waals surface area contributed by atoms with Gasteiger partial charge in [0.25, 0.3) is 0 Å². The van der Waals surface area contributed by atoms with Crippen LogP contribution in [0.5, 0.6) is 0 Å². The highest BCUT2D eigenvalue weighted by atomic mass is 32.2. The highest BCUT2D eigenvalue weighted by Gasteiger charge is 2.12. The number of anilines is 1. The van der Waals surface area contributed by atoms with Crippen molar-refractivity contribution in [2.75, 3.05) is 17.6 Å². The van der Waals surface area contributed by atoms with Crippen LogP contribution in [-0.4, -0.2) is 30.7 Å². The molecule has 0 amide bonds. The number of benzene rings is 1. The molecule has 0 fully saturated rings. The lowest BCUT2D eigenvalue weighted by Crippen LogP contribution is -2.08. The quantitative estimate of drug-likeness (QED) is 0.821. The fourth-order valence-electron chi connectivity index (χ4n) is 1.93. The van der Waals surface area contributed by atoms with E-state index in [1.165, 1.54) is 0 Å². The second kappa shape index (κ2) is 6.56. The van der Waals surface area contributed by atoms with Crippen molar-refractivity contribution >= 4 is 15.5 Å². The van der Waals surface area contributed by atoms with Crippen molar-refractivity contribution < 1.29 is 8.42 Å². The van der Waals surface area contributed by atoms with E-state index in [2.05, 4.69) is 15.3 Å². The molecule has 5 nitrogen and oxygen atoms in total. The SMILES string of the molecule is CCCS(=O)(=O)c1ccc(NCCc2ncc[nH]2)cc1. The van der Waals surface area contributed by atoms with Crippen LogP contribution in [0.25, 0.3) is 0 Å². The molecule has 6 heteroatoms. The van der Waals surface area contributed by atoms with Gasteiger partial charge >= 0.3 is 0 Å². The molecule has 1 aromatic carbocycles. The minimum atomic E-state index is -3.13. The predicted octanol–water partition coefficient (Wildman–Crippen LogP) is 2.25.